The van der Waals surface area contributed by atoms with Gasteiger partial charge < -0.3 is 0 Å². The topological polar surface area (TPSA) is 53.0 Å². The minimum absolute atomic E-state index is 0.903. The highest BCUT2D eigenvalue weighted by Gasteiger charge is 2.70. The summed E-state index contributed by atoms with van der Waals surface area (Å²) in [6.45, 7) is 0. The van der Waals surface area contributed by atoms with Gasteiger partial charge in [0.05, 0.1) is 33.0 Å². The molecule has 15 rings (SSSR count). The molecule has 250 valence electrons. The molecule has 0 radical (unpaired) electrons. The predicted molar refractivity (Wildman–Crippen MR) is 216 cm³/mol. The van der Waals surface area contributed by atoms with Crippen molar-refractivity contribution in [3.8, 4) is 0 Å². The number of fused-ring (bicyclic) bond motifs is 14. The van der Waals surface area contributed by atoms with Gasteiger partial charge in [0.15, 0.2) is 5.71 Å². The Balaban J connectivity index is 1.29. The third kappa shape index (κ3) is 2.82. The second kappa shape index (κ2) is 8.81. The summed E-state index contributed by atoms with van der Waals surface area (Å²) >= 11 is 0. The van der Waals surface area contributed by atoms with Crippen molar-refractivity contribution in [3.63, 3.8) is 0 Å². The summed E-state index contributed by atoms with van der Waals surface area (Å²) in [6.07, 6.45) is 0. The number of nitrogens with zero attached hydrogens (tertiary/aromatic N) is 7. The Morgan fingerprint density at radius 1 is 0.436 bits per heavy atom. The number of rotatable bonds is 1. The lowest BCUT2D eigenvalue weighted by molar-refractivity contribution is -0.789. The van der Waals surface area contributed by atoms with Crippen molar-refractivity contribution >= 4 is 83.5 Å². The highest BCUT2D eigenvalue weighted by Crippen LogP contribution is 2.54. The van der Waals surface area contributed by atoms with E-state index in [1.165, 1.54) is 38.1 Å². The molecule has 0 aliphatic carbocycles. The summed E-state index contributed by atoms with van der Waals surface area (Å²) in [7, 11) is 0. The second-order valence-corrected chi connectivity index (χ2v) is 15.2. The molecule has 1 spiro atoms. The van der Waals surface area contributed by atoms with Crippen LogP contribution in [0.3, 0.4) is 0 Å². The molecule has 1 unspecified atom stereocenters. The van der Waals surface area contributed by atoms with E-state index in [2.05, 4.69) is 170 Å². The molecule has 8 heterocycles. The van der Waals surface area contributed by atoms with Gasteiger partial charge in [0.25, 0.3) is 17.5 Å². The number of aromatic nitrogens is 2. The zero-order chi connectivity index (χ0) is 35.3. The van der Waals surface area contributed by atoms with Gasteiger partial charge in [-0.05, 0) is 80.6 Å². The molecule has 6 aliphatic rings. The summed E-state index contributed by atoms with van der Waals surface area (Å²) in [5, 5.41) is 10.4. The molecule has 0 bridgehead atoms. The van der Waals surface area contributed by atoms with Crippen molar-refractivity contribution in [1.82, 2.24) is 9.13 Å². The third-order valence-electron chi connectivity index (χ3n) is 12.7. The molecule has 6 aliphatic heterocycles. The van der Waals surface area contributed by atoms with E-state index < -0.39 is 5.91 Å². The lowest BCUT2D eigenvalue weighted by Gasteiger charge is -2.41. The van der Waals surface area contributed by atoms with E-state index in [0.29, 0.717) is 0 Å². The van der Waals surface area contributed by atoms with Gasteiger partial charge in [-0.25, -0.2) is 4.57 Å². The van der Waals surface area contributed by atoms with Crippen LogP contribution in [0, 0.1) is 0 Å². The Hall–Kier alpha value is -7.51. The van der Waals surface area contributed by atoms with Gasteiger partial charge in [-0.15, -0.1) is 9.15 Å². The molecule has 0 saturated heterocycles. The largest absolute Gasteiger partial charge is 0.423 e. The van der Waals surface area contributed by atoms with Crippen molar-refractivity contribution < 1.29 is 9.15 Å². The van der Waals surface area contributed by atoms with E-state index in [4.69, 9.17) is 15.0 Å². The Kier molecular flexibility index (Phi) is 4.35. The lowest BCUT2D eigenvalue weighted by atomic mass is 9.92. The van der Waals surface area contributed by atoms with Crippen LogP contribution in [-0.4, -0.2) is 41.5 Å². The minimum Gasteiger partial charge on any atom is -0.216 e. The molecular formula is C48H25N7+2. The molecular weight excluding hydrogens is 675 g/mol. The maximum Gasteiger partial charge on any atom is 0.423 e. The van der Waals surface area contributed by atoms with Crippen LogP contribution < -0.4 is 10.8 Å². The highest BCUT2D eigenvalue weighted by atomic mass is 15.7. The van der Waals surface area contributed by atoms with Gasteiger partial charge in [-0.2, -0.15) is 4.57 Å². The van der Waals surface area contributed by atoms with Crippen LogP contribution in [0.1, 0.15) is 27.8 Å². The number of hydrogen-bond donors (Lipinski definition) is 0. The molecule has 9 aromatic rings. The molecule has 7 heteroatoms. The maximum atomic E-state index is 5.74. The molecule has 7 nitrogen and oxygen atoms in total. The van der Waals surface area contributed by atoms with Crippen molar-refractivity contribution in [2.24, 2.45) is 15.0 Å². The average molecular weight is 700 g/mol. The Labute approximate surface area is 312 Å². The second-order valence-electron chi connectivity index (χ2n) is 15.2. The third-order valence-corrected chi connectivity index (χ3v) is 12.7. The zero-order valence-corrected chi connectivity index (χ0v) is 29.1. The van der Waals surface area contributed by atoms with Gasteiger partial charge in [0, 0.05) is 21.7 Å². The molecule has 7 aromatic carbocycles. The summed E-state index contributed by atoms with van der Waals surface area (Å²) in [5.41, 5.74) is 8.86. The summed E-state index contributed by atoms with van der Waals surface area (Å²) in [5.74, 6) is 3.54. The number of hydrogen-bond acceptors (Lipinski definition) is 3. The summed E-state index contributed by atoms with van der Waals surface area (Å²) < 4.78 is 9.92. The van der Waals surface area contributed by atoms with Crippen molar-refractivity contribution in [3.05, 3.63) is 190 Å². The fourth-order valence-corrected chi connectivity index (χ4v) is 10.6. The molecule has 2 aromatic heterocycles. The Morgan fingerprint density at radius 3 is 1.60 bits per heavy atom. The van der Waals surface area contributed by atoms with Crippen LogP contribution in [0.4, 0.5) is 11.6 Å². The summed E-state index contributed by atoms with van der Waals surface area (Å²) in [6, 6.07) is 55.1. The first-order valence-corrected chi connectivity index (χ1v) is 18.8. The first-order chi connectivity index (χ1) is 27.3. The maximum absolute atomic E-state index is 5.74. The van der Waals surface area contributed by atoms with E-state index in [0.717, 1.165) is 84.1 Å². The van der Waals surface area contributed by atoms with Crippen LogP contribution in [0.15, 0.2) is 167 Å². The van der Waals surface area contributed by atoms with Crippen molar-refractivity contribution in [2.75, 3.05) is 0 Å². The van der Waals surface area contributed by atoms with E-state index >= 15 is 0 Å². The predicted octanol–water partition coefficient (Wildman–Crippen LogP) is 7.64. The fraction of sp³-hybridized carbons (Fsp3) is 0.0208. The minimum atomic E-state index is -1.01. The average Bonchev–Trinajstić information content (AvgIpc) is 3.95. The molecule has 0 saturated carbocycles. The molecule has 0 fully saturated rings. The normalized spacial score (nSPS) is 18.8. The monoisotopic (exact) mass is 699 g/mol. The number of benzene rings is 7. The molecule has 55 heavy (non-hydrogen) atoms. The van der Waals surface area contributed by atoms with E-state index in [1.54, 1.807) is 0 Å². The van der Waals surface area contributed by atoms with E-state index in [9.17, 15) is 0 Å². The van der Waals surface area contributed by atoms with E-state index in [-0.39, 0.29) is 0 Å². The van der Waals surface area contributed by atoms with Crippen molar-refractivity contribution in [1.29, 1.82) is 0 Å². The molecule has 0 N–H and O–H groups in total. The molecule has 1 atom stereocenters. The first kappa shape index (κ1) is 27.1. The van der Waals surface area contributed by atoms with Crippen LogP contribution in [-0.2, 0) is 5.91 Å². The lowest BCUT2D eigenvalue weighted by Crippen LogP contribution is -2.72. The standard InChI is InChI=1S/C48H25N7/c1-2-12-26(13-3-1)39-40-31-18-8-9-19-32(31)42-49-46-37-24-29-16-6-7-17-30(29)25-38(37)47-51-44-34-21-11-10-20-33(34)43-50-45-36-23-28-15-5-4-14-27(28)22-35(36)41(39)53(45)48(52(40)42,54(43)44)55(46)47/h1-25H/q+2. The highest BCUT2D eigenvalue weighted by molar-refractivity contribution is 6.36. The van der Waals surface area contributed by atoms with E-state index in [1.807, 2.05) is 0 Å². The summed E-state index contributed by atoms with van der Waals surface area (Å²) in [4.78, 5) is 17.2. The van der Waals surface area contributed by atoms with Crippen LogP contribution in [0.2, 0.25) is 0 Å². The Bertz CT molecular complexity index is 3650. The van der Waals surface area contributed by atoms with Gasteiger partial charge in [0.2, 0.25) is 11.3 Å². The number of amidine groups is 3. The Morgan fingerprint density at radius 2 is 0.945 bits per heavy atom. The van der Waals surface area contributed by atoms with Crippen LogP contribution in [0.25, 0.3) is 48.7 Å². The first-order valence-electron chi connectivity index (χ1n) is 18.8. The van der Waals surface area contributed by atoms with Gasteiger partial charge in [-0.3, -0.25) is 0 Å². The van der Waals surface area contributed by atoms with Gasteiger partial charge >= 0.3 is 11.7 Å². The van der Waals surface area contributed by atoms with Crippen LogP contribution >= 0.6 is 0 Å². The molecule has 0 amide bonds. The van der Waals surface area contributed by atoms with Crippen molar-refractivity contribution in [2.45, 2.75) is 5.91 Å². The SMILES string of the molecule is c1ccc(C2=c3c4cc5ccccc5cc4c4n3C35n6c(c7cc8ccccc8cc7c6N=C6c7ccccc7C2=[N+]63)N=C2c3ccccc3C(=[N+]25)N=4)cc1. The quantitative estimate of drug-likeness (QED) is 0.158. The van der Waals surface area contributed by atoms with Crippen LogP contribution in [0.5, 0.6) is 0 Å². The zero-order valence-electron chi connectivity index (χ0n) is 29.1. The number of aliphatic imine (C=N–C) groups is 2. The fourth-order valence-electron chi connectivity index (χ4n) is 10.6. The smallest absolute Gasteiger partial charge is 0.216 e. The van der Waals surface area contributed by atoms with Gasteiger partial charge in [-0.1, -0.05) is 113 Å². The van der Waals surface area contributed by atoms with Gasteiger partial charge in [0.1, 0.15) is 0 Å².